The molecule has 3 aromatic rings. The third kappa shape index (κ3) is 3.81. The Labute approximate surface area is 156 Å². The highest BCUT2D eigenvalue weighted by Gasteiger charge is 2.31. The van der Waals surface area contributed by atoms with Crippen molar-refractivity contribution in [2.75, 3.05) is 31.1 Å². The van der Waals surface area contributed by atoms with E-state index in [1.165, 1.54) is 17.4 Å². The number of H-pyrrole nitrogens is 1. The van der Waals surface area contributed by atoms with Gasteiger partial charge in [-0.2, -0.15) is 13.2 Å². The molecule has 1 fully saturated rings. The van der Waals surface area contributed by atoms with Gasteiger partial charge in [0.05, 0.1) is 17.6 Å². The summed E-state index contributed by atoms with van der Waals surface area (Å²) in [6, 6.07) is 4.29. The fraction of sp³-hybridized carbons (Fsp3) is 0.353. The van der Waals surface area contributed by atoms with Crippen molar-refractivity contribution in [3.05, 3.63) is 51.5 Å². The van der Waals surface area contributed by atoms with Crippen LogP contribution in [0.3, 0.4) is 0 Å². The molecule has 4 heterocycles. The van der Waals surface area contributed by atoms with Gasteiger partial charge in [0.2, 0.25) is 0 Å². The number of anilines is 1. The maximum atomic E-state index is 12.6. The Hall–Kier alpha value is -2.46. The lowest BCUT2D eigenvalue weighted by Gasteiger charge is -2.35. The number of hydrogen-bond acceptors (Lipinski definition) is 6. The maximum absolute atomic E-state index is 12.6. The molecule has 0 aromatic carbocycles. The topological polar surface area (TPSA) is 65.1 Å². The van der Waals surface area contributed by atoms with Gasteiger partial charge in [-0.15, -0.1) is 11.3 Å². The number of thiophene rings is 1. The molecular weight excluding hydrogens is 379 g/mol. The number of pyridine rings is 1. The Bertz CT molecular complexity index is 990. The molecule has 10 heteroatoms. The summed E-state index contributed by atoms with van der Waals surface area (Å²) >= 11 is 1.37. The summed E-state index contributed by atoms with van der Waals surface area (Å²) in [5, 5.41) is 1.84. The fourth-order valence-corrected chi connectivity index (χ4v) is 3.81. The van der Waals surface area contributed by atoms with Crippen LogP contribution in [0, 0.1) is 0 Å². The van der Waals surface area contributed by atoms with Gasteiger partial charge in [0.15, 0.2) is 0 Å². The van der Waals surface area contributed by atoms with Gasteiger partial charge in [-0.05, 0) is 23.6 Å². The van der Waals surface area contributed by atoms with Gasteiger partial charge in [-0.25, -0.2) is 9.97 Å². The molecule has 0 radical (unpaired) electrons. The first-order valence-corrected chi connectivity index (χ1v) is 9.25. The highest BCUT2D eigenvalue weighted by molar-refractivity contribution is 7.17. The van der Waals surface area contributed by atoms with Crippen LogP contribution in [0.1, 0.15) is 11.4 Å². The lowest BCUT2D eigenvalue weighted by molar-refractivity contribution is -0.137. The number of aromatic amines is 1. The minimum Gasteiger partial charge on any atom is -0.354 e. The van der Waals surface area contributed by atoms with E-state index in [1.54, 1.807) is 0 Å². The van der Waals surface area contributed by atoms with Crippen LogP contribution >= 0.6 is 11.3 Å². The molecule has 0 unspecified atom stereocenters. The zero-order valence-electron chi connectivity index (χ0n) is 14.2. The molecule has 0 aliphatic carbocycles. The molecule has 1 N–H and O–H groups in total. The number of aromatic nitrogens is 3. The Morgan fingerprint density at radius 3 is 2.59 bits per heavy atom. The molecule has 0 atom stereocenters. The van der Waals surface area contributed by atoms with Gasteiger partial charge < -0.3 is 9.88 Å². The summed E-state index contributed by atoms with van der Waals surface area (Å²) in [7, 11) is 0. The molecule has 0 bridgehead atoms. The molecule has 0 saturated carbocycles. The molecule has 1 aliphatic rings. The summed E-state index contributed by atoms with van der Waals surface area (Å²) in [5.74, 6) is 1.15. The number of alkyl halides is 3. The number of piperazine rings is 1. The summed E-state index contributed by atoms with van der Waals surface area (Å²) in [6.45, 7) is 3.21. The lowest BCUT2D eigenvalue weighted by Crippen LogP contribution is -2.46. The first-order valence-electron chi connectivity index (χ1n) is 8.37. The van der Waals surface area contributed by atoms with E-state index < -0.39 is 11.7 Å². The first-order chi connectivity index (χ1) is 12.9. The van der Waals surface area contributed by atoms with Crippen molar-refractivity contribution in [1.29, 1.82) is 0 Å². The van der Waals surface area contributed by atoms with Crippen LogP contribution in [0.5, 0.6) is 0 Å². The van der Waals surface area contributed by atoms with Crippen LogP contribution in [-0.4, -0.2) is 46.0 Å². The number of rotatable bonds is 3. The Balaban J connectivity index is 1.39. The van der Waals surface area contributed by atoms with E-state index in [-0.39, 0.29) is 5.56 Å². The molecular formula is C17H16F3N5OS. The van der Waals surface area contributed by atoms with Crippen LogP contribution in [0.15, 0.2) is 34.6 Å². The average molecular weight is 395 g/mol. The molecule has 142 valence electrons. The molecule has 0 amide bonds. The van der Waals surface area contributed by atoms with Crippen molar-refractivity contribution in [3.8, 4) is 0 Å². The van der Waals surface area contributed by atoms with Gasteiger partial charge in [-0.1, -0.05) is 0 Å². The minimum absolute atomic E-state index is 0.127. The van der Waals surface area contributed by atoms with E-state index in [0.29, 0.717) is 54.6 Å². The third-order valence-electron chi connectivity index (χ3n) is 4.51. The van der Waals surface area contributed by atoms with Gasteiger partial charge in [0.1, 0.15) is 16.3 Å². The quantitative estimate of drug-likeness (QED) is 0.739. The Morgan fingerprint density at radius 2 is 1.93 bits per heavy atom. The summed E-state index contributed by atoms with van der Waals surface area (Å²) in [6.07, 6.45) is -3.51. The summed E-state index contributed by atoms with van der Waals surface area (Å²) in [5.41, 5.74) is -0.173. The first kappa shape index (κ1) is 17.9. The highest BCUT2D eigenvalue weighted by atomic mass is 32.1. The number of halogens is 3. The SMILES string of the molecule is O=c1[nH]c(CN2CCN(c3ccc(C(F)(F)F)cn3)CC2)nc2ccsc12. The van der Waals surface area contributed by atoms with E-state index in [1.807, 2.05) is 16.3 Å². The van der Waals surface area contributed by atoms with Crippen molar-refractivity contribution in [3.63, 3.8) is 0 Å². The van der Waals surface area contributed by atoms with Gasteiger partial charge in [0.25, 0.3) is 5.56 Å². The molecule has 1 saturated heterocycles. The fourth-order valence-electron chi connectivity index (χ4n) is 3.08. The van der Waals surface area contributed by atoms with Crippen LogP contribution in [0.25, 0.3) is 10.2 Å². The van der Waals surface area contributed by atoms with E-state index >= 15 is 0 Å². The van der Waals surface area contributed by atoms with E-state index in [4.69, 9.17) is 0 Å². The zero-order valence-corrected chi connectivity index (χ0v) is 15.0. The van der Waals surface area contributed by atoms with Gasteiger partial charge >= 0.3 is 6.18 Å². The van der Waals surface area contributed by atoms with E-state index in [2.05, 4.69) is 19.9 Å². The molecule has 1 aliphatic heterocycles. The number of nitrogens with zero attached hydrogens (tertiary/aromatic N) is 4. The third-order valence-corrected chi connectivity index (χ3v) is 5.41. The number of nitrogens with one attached hydrogen (secondary N) is 1. The van der Waals surface area contributed by atoms with Crippen molar-refractivity contribution >= 4 is 27.4 Å². The monoisotopic (exact) mass is 395 g/mol. The lowest BCUT2D eigenvalue weighted by atomic mass is 10.2. The molecule has 3 aromatic heterocycles. The second kappa shape index (κ2) is 6.93. The van der Waals surface area contributed by atoms with Crippen LogP contribution in [0.4, 0.5) is 19.0 Å². The molecule has 6 nitrogen and oxygen atoms in total. The normalized spacial score (nSPS) is 16.2. The smallest absolute Gasteiger partial charge is 0.354 e. The second-order valence-corrected chi connectivity index (χ2v) is 7.23. The predicted molar refractivity (Wildman–Crippen MR) is 97.0 cm³/mol. The van der Waals surface area contributed by atoms with Crippen molar-refractivity contribution in [1.82, 2.24) is 19.9 Å². The maximum Gasteiger partial charge on any atom is 0.417 e. The molecule has 0 spiro atoms. The van der Waals surface area contributed by atoms with E-state index in [9.17, 15) is 18.0 Å². The average Bonchev–Trinajstić information content (AvgIpc) is 3.11. The highest BCUT2D eigenvalue weighted by Crippen LogP contribution is 2.29. The zero-order chi connectivity index (χ0) is 19.0. The molecule has 27 heavy (non-hydrogen) atoms. The van der Waals surface area contributed by atoms with Crippen LogP contribution < -0.4 is 10.5 Å². The van der Waals surface area contributed by atoms with Crippen molar-refractivity contribution < 1.29 is 13.2 Å². The van der Waals surface area contributed by atoms with E-state index in [0.717, 1.165) is 12.3 Å². The number of fused-ring (bicyclic) bond motifs is 1. The van der Waals surface area contributed by atoms with Crippen LogP contribution in [0.2, 0.25) is 0 Å². The Kier molecular flexibility index (Phi) is 4.60. The molecule has 4 rings (SSSR count). The second-order valence-electron chi connectivity index (χ2n) is 6.31. The number of hydrogen-bond donors (Lipinski definition) is 1. The predicted octanol–water partition coefficient (Wildman–Crippen LogP) is 2.72. The van der Waals surface area contributed by atoms with Gasteiger partial charge in [0, 0.05) is 32.4 Å². The minimum atomic E-state index is -4.38. The van der Waals surface area contributed by atoms with Crippen molar-refractivity contribution in [2.45, 2.75) is 12.7 Å². The van der Waals surface area contributed by atoms with Crippen LogP contribution in [-0.2, 0) is 12.7 Å². The largest absolute Gasteiger partial charge is 0.417 e. The van der Waals surface area contributed by atoms with Gasteiger partial charge in [-0.3, -0.25) is 9.69 Å². The van der Waals surface area contributed by atoms with Crippen molar-refractivity contribution in [2.24, 2.45) is 0 Å². The standard InChI is InChI=1S/C17H16F3N5OS/c18-17(19,20)11-1-2-14(21-9-11)25-6-4-24(5-7-25)10-13-22-12-3-8-27-15(12)16(26)23-13/h1-3,8-9H,4-7,10H2,(H,22,23,26). The summed E-state index contributed by atoms with van der Waals surface area (Å²) < 4.78 is 38.5. The Morgan fingerprint density at radius 1 is 1.15 bits per heavy atom. The summed E-state index contributed by atoms with van der Waals surface area (Å²) in [4.78, 5) is 27.4.